The highest BCUT2D eigenvalue weighted by molar-refractivity contribution is 5.96. The van der Waals surface area contributed by atoms with E-state index < -0.39 is 0 Å². The first kappa shape index (κ1) is 12.4. The second-order valence-corrected chi connectivity index (χ2v) is 4.20. The SMILES string of the molecule is CC(=O)c1ccc(C)cc1OCCn1ccnc1. The molecule has 2 rings (SSSR count). The second kappa shape index (κ2) is 5.49. The molecule has 18 heavy (non-hydrogen) atoms. The summed E-state index contributed by atoms with van der Waals surface area (Å²) < 4.78 is 7.62. The molecule has 0 aliphatic carbocycles. The first-order valence-electron chi connectivity index (χ1n) is 5.87. The number of carbonyl (C=O) groups excluding carboxylic acids is 1. The predicted molar refractivity (Wildman–Crippen MR) is 68.9 cm³/mol. The van der Waals surface area contributed by atoms with Crippen LogP contribution in [0.15, 0.2) is 36.9 Å². The average Bonchev–Trinajstić information content (AvgIpc) is 2.82. The number of hydrogen-bond donors (Lipinski definition) is 0. The molecule has 0 amide bonds. The van der Waals surface area contributed by atoms with Gasteiger partial charge in [0, 0.05) is 12.4 Å². The maximum Gasteiger partial charge on any atom is 0.163 e. The molecular formula is C14H16N2O2. The van der Waals surface area contributed by atoms with Gasteiger partial charge in [-0.25, -0.2) is 4.98 Å². The molecule has 2 aromatic rings. The van der Waals surface area contributed by atoms with Crippen LogP contribution in [0.25, 0.3) is 0 Å². The summed E-state index contributed by atoms with van der Waals surface area (Å²) in [6, 6.07) is 5.62. The number of ketones is 1. The monoisotopic (exact) mass is 244 g/mol. The third-order valence-electron chi connectivity index (χ3n) is 2.68. The Morgan fingerprint density at radius 1 is 1.44 bits per heavy atom. The number of nitrogens with zero attached hydrogens (tertiary/aromatic N) is 2. The Kier molecular flexibility index (Phi) is 3.77. The number of rotatable bonds is 5. The lowest BCUT2D eigenvalue weighted by atomic mass is 10.1. The molecule has 0 fully saturated rings. The normalized spacial score (nSPS) is 10.3. The highest BCUT2D eigenvalue weighted by atomic mass is 16.5. The Balaban J connectivity index is 2.03. The summed E-state index contributed by atoms with van der Waals surface area (Å²) in [6.07, 6.45) is 5.35. The van der Waals surface area contributed by atoms with Gasteiger partial charge in [-0.05, 0) is 31.5 Å². The smallest absolute Gasteiger partial charge is 0.163 e. The molecule has 1 aromatic carbocycles. The summed E-state index contributed by atoms with van der Waals surface area (Å²) in [7, 11) is 0. The molecule has 0 saturated carbocycles. The van der Waals surface area contributed by atoms with E-state index in [0.717, 1.165) is 5.56 Å². The van der Waals surface area contributed by atoms with Gasteiger partial charge in [-0.15, -0.1) is 0 Å². The van der Waals surface area contributed by atoms with Crippen LogP contribution in [0.4, 0.5) is 0 Å². The van der Waals surface area contributed by atoms with Gasteiger partial charge in [-0.1, -0.05) is 6.07 Å². The van der Waals surface area contributed by atoms with E-state index in [1.54, 1.807) is 19.4 Å². The van der Waals surface area contributed by atoms with E-state index in [4.69, 9.17) is 4.74 Å². The van der Waals surface area contributed by atoms with Gasteiger partial charge in [-0.3, -0.25) is 4.79 Å². The van der Waals surface area contributed by atoms with Gasteiger partial charge in [0.25, 0.3) is 0 Å². The van der Waals surface area contributed by atoms with Gasteiger partial charge < -0.3 is 9.30 Å². The van der Waals surface area contributed by atoms with Crippen molar-refractivity contribution in [3.8, 4) is 5.75 Å². The van der Waals surface area contributed by atoms with Crippen LogP contribution in [0.5, 0.6) is 5.75 Å². The van der Waals surface area contributed by atoms with Gasteiger partial charge in [-0.2, -0.15) is 0 Å². The van der Waals surface area contributed by atoms with E-state index in [-0.39, 0.29) is 5.78 Å². The van der Waals surface area contributed by atoms with Crippen LogP contribution in [-0.4, -0.2) is 21.9 Å². The lowest BCUT2D eigenvalue weighted by Gasteiger charge is -2.11. The van der Waals surface area contributed by atoms with Crippen LogP contribution >= 0.6 is 0 Å². The molecule has 94 valence electrons. The van der Waals surface area contributed by atoms with Crippen LogP contribution in [-0.2, 0) is 6.54 Å². The highest BCUT2D eigenvalue weighted by Gasteiger charge is 2.08. The third-order valence-corrected chi connectivity index (χ3v) is 2.68. The first-order valence-corrected chi connectivity index (χ1v) is 5.87. The van der Waals surface area contributed by atoms with Gasteiger partial charge in [0.1, 0.15) is 12.4 Å². The number of Topliss-reactive ketones (excluding diaryl/α,β-unsaturated/α-hetero) is 1. The minimum atomic E-state index is 0.0210. The van der Waals surface area contributed by atoms with Crippen LogP contribution in [0.1, 0.15) is 22.8 Å². The summed E-state index contributed by atoms with van der Waals surface area (Å²) in [5.41, 5.74) is 1.71. The van der Waals surface area contributed by atoms with Crippen molar-refractivity contribution < 1.29 is 9.53 Å². The molecule has 4 nitrogen and oxygen atoms in total. The lowest BCUT2D eigenvalue weighted by Crippen LogP contribution is -2.08. The lowest BCUT2D eigenvalue weighted by molar-refractivity contribution is 0.101. The Bertz CT molecular complexity index is 533. The molecule has 0 bridgehead atoms. The molecule has 0 radical (unpaired) electrons. The number of imidazole rings is 1. The zero-order chi connectivity index (χ0) is 13.0. The molecule has 0 aliphatic rings. The van der Waals surface area contributed by atoms with Crippen molar-refractivity contribution in [2.24, 2.45) is 0 Å². The van der Waals surface area contributed by atoms with Crippen molar-refractivity contribution in [2.75, 3.05) is 6.61 Å². The van der Waals surface area contributed by atoms with Crippen LogP contribution < -0.4 is 4.74 Å². The summed E-state index contributed by atoms with van der Waals surface area (Å²) in [4.78, 5) is 15.4. The minimum Gasteiger partial charge on any atom is -0.491 e. The van der Waals surface area contributed by atoms with Gasteiger partial charge in [0.15, 0.2) is 5.78 Å². The van der Waals surface area contributed by atoms with Gasteiger partial charge >= 0.3 is 0 Å². The number of carbonyl (C=O) groups is 1. The average molecular weight is 244 g/mol. The van der Waals surface area contributed by atoms with E-state index >= 15 is 0 Å². The number of aromatic nitrogens is 2. The van der Waals surface area contributed by atoms with E-state index in [0.29, 0.717) is 24.5 Å². The van der Waals surface area contributed by atoms with Crippen LogP contribution in [0, 0.1) is 6.92 Å². The maximum atomic E-state index is 11.5. The Morgan fingerprint density at radius 3 is 2.94 bits per heavy atom. The molecule has 1 aromatic heterocycles. The number of ether oxygens (including phenoxy) is 1. The van der Waals surface area contributed by atoms with E-state index in [1.807, 2.05) is 35.9 Å². The number of aryl methyl sites for hydroxylation is 1. The fourth-order valence-electron chi connectivity index (χ4n) is 1.72. The molecule has 0 N–H and O–H groups in total. The Morgan fingerprint density at radius 2 is 2.28 bits per heavy atom. The van der Waals surface area contributed by atoms with E-state index in [2.05, 4.69) is 4.98 Å². The van der Waals surface area contributed by atoms with E-state index in [9.17, 15) is 4.79 Å². The number of hydrogen-bond acceptors (Lipinski definition) is 3. The fraction of sp³-hybridized carbons (Fsp3) is 0.286. The molecular weight excluding hydrogens is 228 g/mol. The van der Waals surface area contributed by atoms with Gasteiger partial charge in [0.2, 0.25) is 0 Å². The molecule has 0 saturated heterocycles. The minimum absolute atomic E-state index is 0.0210. The van der Waals surface area contributed by atoms with Crippen LogP contribution in [0.2, 0.25) is 0 Å². The summed E-state index contributed by atoms with van der Waals surface area (Å²) >= 11 is 0. The zero-order valence-electron chi connectivity index (χ0n) is 10.6. The van der Waals surface area contributed by atoms with Gasteiger partial charge in [0.05, 0.1) is 18.4 Å². The Hall–Kier alpha value is -2.10. The second-order valence-electron chi connectivity index (χ2n) is 4.20. The standard InChI is InChI=1S/C14H16N2O2/c1-11-3-4-13(12(2)17)14(9-11)18-8-7-16-6-5-15-10-16/h3-6,9-10H,7-8H2,1-2H3. The molecule has 1 heterocycles. The predicted octanol–water partition coefficient (Wildman–Crippen LogP) is 2.47. The molecule has 0 atom stereocenters. The molecule has 0 spiro atoms. The van der Waals surface area contributed by atoms with E-state index in [1.165, 1.54) is 0 Å². The summed E-state index contributed by atoms with van der Waals surface area (Å²) in [5.74, 6) is 0.676. The van der Waals surface area contributed by atoms with Crippen molar-refractivity contribution in [3.05, 3.63) is 48.0 Å². The van der Waals surface area contributed by atoms with Crippen molar-refractivity contribution in [1.29, 1.82) is 0 Å². The summed E-state index contributed by atoms with van der Waals surface area (Å²) in [6.45, 7) is 4.76. The topological polar surface area (TPSA) is 44.1 Å². The van der Waals surface area contributed by atoms with Crippen molar-refractivity contribution in [3.63, 3.8) is 0 Å². The maximum absolute atomic E-state index is 11.5. The largest absolute Gasteiger partial charge is 0.491 e. The third kappa shape index (κ3) is 2.97. The summed E-state index contributed by atoms with van der Waals surface area (Å²) in [5, 5.41) is 0. The first-order chi connectivity index (χ1) is 8.66. The van der Waals surface area contributed by atoms with Crippen molar-refractivity contribution in [1.82, 2.24) is 9.55 Å². The highest BCUT2D eigenvalue weighted by Crippen LogP contribution is 2.20. The molecule has 0 unspecified atom stereocenters. The van der Waals surface area contributed by atoms with Crippen molar-refractivity contribution >= 4 is 5.78 Å². The molecule has 0 aliphatic heterocycles. The fourth-order valence-corrected chi connectivity index (χ4v) is 1.72. The Labute approximate surface area is 106 Å². The van der Waals surface area contributed by atoms with Crippen molar-refractivity contribution in [2.45, 2.75) is 20.4 Å². The zero-order valence-corrected chi connectivity index (χ0v) is 10.6. The molecule has 4 heteroatoms. The van der Waals surface area contributed by atoms with Crippen LogP contribution in [0.3, 0.4) is 0 Å². The number of benzene rings is 1. The quantitative estimate of drug-likeness (QED) is 0.759.